The zero-order chi connectivity index (χ0) is 30.8. The SMILES string of the molecule is COc1ccc(-c2cc(NC(=O)c3cc(CN[C@@H](C)[C@H](C)OC)cn(C)c3=O)nc(C3CC3)c2)c(C(=O)N2CC(F)C2)c1. The van der Waals surface area contributed by atoms with Crippen molar-refractivity contribution in [3.05, 3.63) is 75.3 Å². The number of nitrogens with one attached hydrogen (secondary N) is 2. The first kappa shape index (κ1) is 30.4. The number of anilines is 1. The molecule has 43 heavy (non-hydrogen) atoms. The van der Waals surface area contributed by atoms with Gasteiger partial charge < -0.3 is 29.6 Å². The molecule has 228 valence electrons. The van der Waals surface area contributed by atoms with Gasteiger partial charge in [-0.05, 0) is 79.8 Å². The summed E-state index contributed by atoms with van der Waals surface area (Å²) in [5.41, 5.74) is 2.81. The van der Waals surface area contributed by atoms with Gasteiger partial charge in [-0.15, -0.1) is 0 Å². The van der Waals surface area contributed by atoms with Crippen molar-refractivity contribution in [3.8, 4) is 16.9 Å². The van der Waals surface area contributed by atoms with Crippen molar-refractivity contribution in [1.29, 1.82) is 0 Å². The number of nitrogens with zero attached hydrogens (tertiary/aromatic N) is 3. The van der Waals surface area contributed by atoms with Gasteiger partial charge in [0.2, 0.25) is 0 Å². The Hall–Kier alpha value is -4.09. The van der Waals surface area contributed by atoms with Crippen LogP contribution in [0.4, 0.5) is 10.2 Å². The van der Waals surface area contributed by atoms with Crippen LogP contribution in [0, 0.1) is 0 Å². The number of hydrogen-bond donors (Lipinski definition) is 2. The normalized spacial score (nSPS) is 16.4. The molecule has 2 N–H and O–H groups in total. The highest BCUT2D eigenvalue weighted by molar-refractivity contribution is 6.05. The van der Waals surface area contributed by atoms with Gasteiger partial charge in [0.25, 0.3) is 17.4 Å². The summed E-state index contributed by atoms with van der Waals surface area (Å²) < 4.78 is 25.7. The zero-order valence-corrected chi connectivity index (χ0v) is 25.1. The van der Waals surface area contributed by atoms with Gasteiger partial charge in [-0.1, -0.05) is 0 Å². The Labute approximate surface area is 250 Å². The van der Waals surface area contributed by atoms with E-state index < -0.39 is 17.6 Å². The van der Waals surface area contributed by atoms with Gasteiger partial charge in [0.1, 0.15) is 23.3 Å². The maximum absolute atomic E-state index is 13.6. The zero-order valence-electron chi connectivity index (χ0n) is 25.1. The Bertz CT molecular complexity index is 1580. The Morgan fingerprint density at radius 2 is 1.84 bits per heavy atom. The van der Waals surface area contributed by atoms with Crippen LogP contribution in [0.15, 0.2) is 47.4 Å². The first-order valence-electron chi connectivity index (χ1n) is 14.5. The number of aryl methyl sites for hydroxylation is 1. The molecule has 3 aromatic rings. The van der Waals surface area contributed by atoms with Gasteiger partial charge in [-0.3, -0.25) is 14.4 Å². The second kappa shape index (κ2) is 12.6. The summed E-state index contributed by atoms with van der Waals surface area (Å²) in [6, 6.07) is 10.5. The fourth-order valence-electron chi connectivity index (χ4n) is 5.07. The lowest BCUT2D eigenvalue weighted by Crippen LogP contribution is -2.51. The predicted molar refractivity (Wildman–Crippen MR) is 161 cm³/mol. The van der Waals surface area contributed by atoms with Crippen LogP contribution in [0.5, 0.6) is 5.75 Å². The van der Waals surface area contributed by atoms with E-state index in [-0.39, 0.29) is 48.4 Å². The number of pyridine rings is 2. The molecule has 1 saturated heterocycles. The molecule has 0 radical (unpaired) electrons. The molecule has 0 spiro atoms. The van der Waals surface area contributed by atoms with E-state index in [2.05, 4.69) is 10.6 Å². The fourth-order valence-corrected chi connectivity index (χ4v) is 5.07. The molecular formula is C32H38FN5O5. The standard InChI is InChI=1S/C32H38FN5O5/c1-18(19(2)42-4)34-14-20-10-27(31(40)37(3)15-20)30(39)36-29-12-22(11-28(35-29)21-6-7-21)25-9-8-24(43-5)13-26(25)32(41)38-16-23(33)17-38/h8-13,15,18-19,21,23,34H,6-7,14,16-17H2,1-5H3,(H,35,36,39)/t18-,19-/m0/s1. The summed E-state index contributed by atoms with van der Waals surface area (Å²) >= 11 is 0. The largest absolute Gasteiger partial charge is 0.497 e. The van der Waals surface area contributed by atoms with E-state index >= 15 is 0 Å². The number of rotatable bonds is 11. The van der Waals surface area contributed by atoms with E-state index in [1.54, 1.807) is 50.7 Å². The second-order valence-corrected chi connectivity index (χ2v) is 11.4. The number of alkyl halides is 1. The van der Waals surface area contributed by atoms with Gasteiger partial charge in [-0.25, -0.2) is 9.37 Å². The first-order valence-corrected chi connectivity index (χ1v) is 14.5. The van der Waals surface area contributed by atoms with Gasteiger partial charge in [0.15, 0.2) is 0 Å². The maximum Gasteiger partial charge on any atom is 0.263 e. The highest BCUT2D eigenvalue weighted by Gasteiger charge is 2.33. The van der Waals surface area contributed by atoms with Crippen LogP contribution >= 0.6 is 0 Å². The molecule has 5 rings (SSSR count). The van der Waals surface area contributed by atoms with Crippen LogP contribution in [-0.2, 0) is 18.3 Å². The van der Waals surface area contributed by atoms with Crippen LogP contribution < -0.4 is 20.9 Å². The van der Waals surface area contributed by atoms with Crippen LogP contribution in [0.2, 0.25) is 0 Å². The number of carbonyl (C=O) groups is 2. The van der Waals surface area contributed by atoms with E-state index in [0.717, 1.165) is 24.1 Å². The van der Waals surface area contributed by atoms with E-state index in [4.69, 9.17) is 14.5 Å². The number of likely N-dealkylation sites (tertiary alicyclic amines) is 1. The molecule has 1 saturated carbocycles. The molecule has 10 nitrogen and oxygen atoms in total. The van der Waals surface area contributed by atoms with E-state index in [1.807, 2.05) is 19.9 Å². The molecule has 1 aliphatic heterocycles. The number of amides is 2. The van der Waals surface area contributed by atoms with Gasteiger partial charge >= 0.3 is 0 Å². The van der Waals surface area contributed by atoms with Crippen LogP contribution in [0.25, 0.3) is 11.1 Å². The fraction of sp³-hybridized carbons (Fsp3) is 0.438. The Balaban J connectivity index is 1.45. The Kier molecular flexibility index (Phi) is 8.93. The van der Waals surface area contributed by atoms with E-state index in [9.17, 15) is 18.8 Å². The molecule has 2 aromatic heterocycles. The van der Waals surface area contributed by atoms with Gasteiger partial charge in [0, 0.05) is 44.6 Å². The number of benzene rings is 1. The molecule has 11 heteroatoms. The molecule has 2 atom stereocenters. The molecular weight excluding hydrogens is 553 g/mol. The van der Waals surface area contributed by atoms with Crippen LogP contribution in [0.3, 0.4) is 0 Å². The second-order valence-electron chi connectivity index (χ2n) is 11.4. The summed E-state index contributed by atoms with van der Waals surface area (Å²) in [7, 11) is 4.78. The lowest BCUT2D eigenvalue weighted by molar-refractivity contribution is 0.0400. The molecule has 0 bridgehead atoms. The molecule has 3 heterocycles. The molecule has 1 aromatic carbocycles. The summed E-state index contributed by atoms with van der Waals surface area (Å²) in [4.78, 5) is 46.0. The van der Waals surface area contributed by atoms with Crippen LogP contribution in [-0.4, -0.2) is 71.9 Å². The number of methoxy groups -OCH3 is 2. The van der Waals surface area contributed by atoms with Crippen molar-refractivity contribution in [1.82, 2.24) is 19.8 Å². The van der Waals surface area contributed by atoms with Crippen molar-refractivity contribution in [2.45, 2.75) is 57.5 Å². The summed E-state index contributed by atoms with van der Waals surface area (Å²) in [6.07, 6.45) is 2.61. The molecule has 2 aliphatic rings. The van der Waals surface area contributed by atoms with Crippen molar-refractivity contribution in [2.24, 2.45) is 7.05 Å². The van der Waals surface area contributed by atoms with E-state index in [0.29, 0.717) is 29.0 Å². The number of carbonyl (C=O) groups excluding carboxylic acids is 2. The summed E-state index contributed by atoms with van der Waals surface area (Å²) in [5, 5.41) is 6.19. The average molecular weight is 592 g/mol. The minimum Gasteiger partial charge on any atom is -0.497 e. The third kappa shape index (κ3) is 6.78. The Morgan fingerprint density at radius 3 is 2.49 bits per heavy atom. The minimum absolute atomic E-state index is 0.00621. The number of halogens is 1. The number of ether oxygens (including phenoxy) is 2. The Morgan fingerprint density at radius 1 is 1.09 bits per heavy atom. The summed E-state index contributed by atoms with van der Waals surface area (Å²) in [6.45, 7) is 4.51. The minimum atomic E-state index is -1.03. The first-order chi connectivity index (χ1) is 20.6. The lowest BCUT2D eigenvalue weighted by atomic mass is 9.96. The van der Waals surface area contributed by atoms with Crippen LogP contribution in [0.1, 0.15) is 64.6 Å². The molecule has 2 fully saturated rings. The predicted octanol–water partition coefficient (Wildman–Crippen LogP) is 3.89. The third-order valence-corrected chi connectivity index (χ3v) is 8.16. The lowest BCUT2D eigenvalue weighted by Gasteiger charge is -2.34. The van der Waals surface area contributed by atoms with Crippen molar-refractivity contribution < 1.29 is 23.5 Å². The van der Waals surface area contributed by atoms with Crippen molar-refractivity contribution in [3.63, 3.8) is 0 Å². The number of aromatic nitrogens is 2. The topological polar surface area (TPSA) is 115 Å². The average Bonchev–Trinajstić information content (AvgIpc) is 3.84. The summed E-state index contributed by atoms with van der Waals surface area (Å²) in [5.74, 6) is 0.161. The quantitative estimate of drug-likeness (QED) is 0.348. The highest BCUT2D eigenvalue weighted by Crippen LogP contribution is 2.41. The maximum atomic E-state index is 13.6. The highest BCUT2D eigenvalue weighted by atomic mass is 19.1. The van der Waals surface area contributed by atoms with Crippen molar-refractivity contribution in [2.75, 3.05) is 32.6 Å². The van der Waals surface area contributed by atoms with Gasteiger partial charge in [-0.2, -0.15) is 0 Å². The van der Waals surface area contributed by atoms with Crippen molar-refractivity contribution >= 4 is 17.6 Å². The number of hydrogen-bond acceptors (Lipinski definition) is 7. The molecule has 2 amide bonds. The van der Waals surface area contributed by atoms with E-state index in [1.165, 1.54) is 16.6 Å². The van der Waals surface area contributed by atoms with Gasteiger partial charge in [0.05, 0.1) is 31.9 Å². The molecule has 1 aliphatic carbocycles. The molecule has 0 unspecified atom stereocenters. The third-order valence-electron chi connectivity index (χ3n) is 8.16. The smallest absolute Gasteiger partial charge is 0.263 e. The monoisotopic (exact) mass is 591 g/mol.